The van der Waals surface area contributed by atoms with Gasteiger partial charge in [-0.3, -0.25) is 0 Å². The molecule has 1 aliphatic rings. The molecule has 0 aromatic heterocycles. The zero-order chi connectivity index (χ0) is 21.1. The average molecular weight is 416 g/mol. The minimum absolute atomic E-state index is 0.0908. The van der Waals surface area contributed by atoms with E-state index in [1.807, 2.05) is 19.1 Å². The van der Waals surface area contributed by atoms with Gasteiger partial charge < -0.3 is 4.74 Å². The van der Waals surface area contributed by atoms with Crippen LogP contribution < -0.4 is 4.72 Å². The van der Waals surface area contributed by atoms with E-state index in [0.29, 0.717) is 18.0 Å². The van der Waals surface area contributed by atoms with Gasteiger partial charge in [0.1, 0.15) is 0 Å². The quantitative estimate of drug-likeness (QED) is 0.700. The predicted molar refractivity (Wildman–Crippen MR) is 118 cm³/mol. The van der Waals surface area contributed by atoms with Crippen LogP contribution in [0.25, 0.3) is 0 Å². The molecule has 0 spiro atoms. The third-order valence-electron chi connectivity index (χ3n) is 6.38. The van der Waals surface area contributed by atoms with Crippen LogP contribution in [0, 0.1) is 13.8 Å². The molecule has 1 fully saturated rings. The number of nitrogens with one attached hydrogen (secondary N) is 1. The van der Waals surface area contributed by atoms with Crippen molar-refractivity contribution < 1.29 is 13.2 Å². The molecule has 0 saturated carbocycles. The van der Waals surface area contributed by atoms with E-state index in [4.69, 9.17) is 4.74 Å². The van der Waals surface area contributed by atoms with Crippen LogP contribution in [0.1, 0.15) is 56.2 Å². The van der Waals surface area contributed by atoms with E-state index >= 15 is 0 Å². The minimum Gasteiger partial charge on any atom is -0.375 e. The number of hydrogen-bond donors (Lipinski definition) is 1. The Labute approximate surface area is 175 Å². The molecule has 1 saturated heterocycles. The van der Waals surface area contributed by atoms with Crippen molar-refractivity contribution in [1.29, 1.82) is 0 Å². The SMILES string of the molecule is CC[C@]1(C)C[C@](CCNS(=O)(=O)c2ccc(C)cc2)(c2ccc(C)cc2)CCO1. The van der Waals surface area contributed by atoms with Gasteiger partial charge in [-0.25, -0.2) is 13.1 Å². The first kappa shape index (κ1) is 22.0. The summed E-state index contributed by atoms with van der Waals surface area (Å²) in [5.74, 6) is 0. The Morgan fingerprint density at radius 1 is 1.00 bits per heavy atom. The largest absolute Gasteiger partial charge is 0.375 e. The van der Waals surface area contributed by atoms with E-state index in [-0.39, 0.29) is 11.0 Å². The Bertz CT molecular complexity index is 922. The molecule has 158 valence electrons. The summed E-state index contributed by atoms with van der Waals surface area (Å²) in [6.07, 6.45) is 3.49. The molecule has 2 aromatic carbocycles. The molecule has 3 rings (SSSR count). The van der Waals surface area contributed by atoms with Crippen molar-refractivity contribution in [1.82, 2.24) is 4.72 Å². The predicted octanol–water partition coefficient (Wildman–Crippen LogP) is 4.89. The summed E-state index contributed by atoms with van der Waals surface area (Å²) in [7, 11) is -3.51. The molecule has 0 amide bonds. The van der Waals surface area contributed by atoms with Crippen molar-refractivity contribution in [3.63, 3.8) is 0 Å². The van der Waals surface area contributed by atoms with Crippen LogP contribution >= 0.6 is 0 Å². The first-order valence-electron chi connectivity index (χ1n) is 10.5. The summed E-state index contributed by atoms with van der Waals surface area (Å²) in [4.78, 5) is 0.317. The van der Waals surface area contributed by atoms with E-state index < -0.39 is 10.0 Å². The summed E-state index contributed by atoms with van der Waals surface area (Å²) in [5.41, 5.74) is 3.28. The van der Waals surface area contributed by atoms with Crippen LogP contribution in [-0.2, 0) is 20.2 Å². The molecule has 1 heterocycles. The van der Waals surface area contributed by atoms with Gasteiger partial charge in [0.25, 0.3) is 0 Å². The smallest absolute Gasteiger partial charge is 0.240 e. The standard InChI is InChI=1S/C24H33NO3S/c1-5-23(4)18-24(15-17-28-23,21-10-6-19(2)7-11-21)14-16-25-29(26,27)22-12-8-20(3)9-13-22/h6-13,25H,5,14-18H2,1-4H3/t23-,24-/m1/s1. The van der Waals surface area contributed by atoms with Crippen molar-refractivity contribution in [2.24, 2.45) is 0 Å². The second kappa shape index (κ2) is 8.58. The lowest BCUT2D eigenvalue weighted by Gasteiger charge is -2.47. The maximum atomic E-state index is 12.7. The molecule has 1 N–H and O–H groups in total. The summed E-state index contributed by atoms with van der Waals surface area (Å²) >= 11 is 0. The van der Waals surface area contributed by atoms with Gasteiger partial charge >= 0.3 is 0 Å². The van der Waals surface area contributed by atoms with Gasteiger partial charge in [0.2, 0.25) is 10.0 Å². The van der Waals surface area contributed by atoms with Crippen molar-refractivity contribution in [3.05, 3.63) is 65.2 Å². The fourth-order valence-electron chi connectivity index (χ4n) is 4.31. The summed E-state index contributed by atoms with van der Waals surface area (Å²) in [5, 5.41) is 0. The Morgan fingerprint density at radius 3 is 2.17 bits per heavy atom. The number of rotatable bonds is 7. The molecule has 0 unspecified atom stereocenters. The Morgan fingerprint density at radius 2 is 1.59 bits per heavy atom. The van der Waals surface area contributed by atoms with Crippen LogP contribution in [0.5, 0.6) is 0 Å². The van der Waals surface area contributed by atoms with E-state index in [2.05, 4.69) is 49.8 Å². The van der Waals surface area contributed by atoms with E-state index in [9.17, 15) is 8.42 Å². The maximum Gasteiger partial charge on any atom is 0.240 e. The number of benzene rings is 2. The first-order chi connectivity index (χ1) is 13.7. The van der Waals surface area contributed by atoms with Crippen molar-refractivity contribution in [3.8, 4) is 0 Å². The lowest BCUT2D eigenvalue weighted by molar-refractivity contribution is -0.0977. The highest BCUT2D eigenvalue weighted by Gasteiger charge is 2.43. The minimum atomic E-state index is -3.51. The van der Waals surface area contributed by atoms with Gasteiger partial charge in [-0.1, -0.05) is 54.4 Å². The highest BCUT2D eigenvalue weighted by atomic mass is 32.2. The Kier molecular flexibility index (Phi) is 6.51. The van der Waals surface area contributed by atoms with Gasteiger partial charge in [0.15, 0.2) is 0 Å². The fourth-order valence-corrected chi connectivity index (χ4v) is 5.34. The van der Waals surface area contributed by atoms with Crippen LogP contribution in [0.3, 0.4) is 0 Å². The van der Waals surface area contributed by atoms with Gasteiger partial charge in [-0.05, 0) is 64.2 Å². The normalized spacial score (nSPS) is 25.1. The van der Waals surface area contributed by atoms with Crippen molar-refractivity contribution >= 4 is 10.0 Å². The molecule has 4 nitrogen and oxygen atoms in total. The van der Waals surface area contributed by atoms with Gasteiger partial charge in [-0.2, -0.15) is 0 Å². The lowest BCUT2D eigenvalue weighted by atomic mass is 9.66. The van der Waals surface area contributed by atoms with Crippen LogP contribution in [-0.4, -0.2) is 27.2 Å². The molecule has 0 bridgehead atoms. The molecular formula is C24H33NO3S. The van der Waals surface area contributed by atoms with Crippen LogP contribution in [0.15, 0.2) is 53.4 Å². The molecular weight excluding hydrogens is 382 g/mol. The number of ether oxygens (including phenoxy) is 1. The zero-order valence-corrected chi connectivity index (χ0v) is 18.8. The molecule has 2 aromatic rings. The number of aryl methyl sites for hydroxylation is 2. The molecule has 29 heavy (non-hydrogen) atoms. The molecule has 0 radical (unpaired) electrons. The average Bonchev–Trinajstić information content (AvgIpc) is 2.69. The monoisotopic (exact) mass is 415 g/mol. The van der Waals surface area contributed by atoms with Crippen LogP contribution in [0.2, 0.25) is 0 Å². The highest BCUT2D eigenvalue weighted by molar-refractivity contribution is 7.89. The molecule has 0 aliphatic carbocycles. The Balaban J connectivity index is 1.80. The van der Waals surface area contributed by atoms with E-state index in [0.717, 1.165) is 31.2 Å². The molecule has 5 heteroatoms. The van der Waals surface area contributed by atoms with E-state index in [1.165, 1.54) is 11.1 Å². The van der Waals surface area contributed by atoms with Crippen LogP contribution in [0.4, 0.5) is 0 Å². The molecule has 2 atom stereocenters. The second-order valence-electron chi connectivity index (χ2n) is 8.69. The van der Waals surface area contributed by atoms with Gasteiger partial charge in [-0.15, -0.1) is 0 Å². The summed E-state index contributed by atoms with van der Waals surface area (Å²) < 4.78 is 34.4. The zero-order valence-electron chi connectivity index (χ0n) is 18.0. The number of hydrogen-bond acceptors (Lipinski definition) is 3. The van der Waals surface area contributed by atoms with Crippen molar-refractivity contribution in [2.75, 3.05) is 13.2 Å². The third-order valence-corrected chi connectivity index (χ3v) is 7.86. The topological polar surface area (TPSA) is 55.4 Å². The first-order valence-corrected chi connectivity index (χ1v) is 11.9. The molecule has 1 aliphatic heterocycles. The van der Waals surface area contributed by atoms with E-state index in [1.54, 1.807) is 12.1 Å². The highest BCUT2D eigenvalue weighted by Crippen LogP contribution is 2.45. The summed E-state index contributed by atoms with van der Waals surface area (Å²) in [6, 6.07) is 15.7. The Hall–Kier alpha value is -1.69. The van der Waals surface area contributed by atoms with Crippen molar-refractivity contribution in [2.45, 2.75) is 69.3 Å². The maximum absolute atomic E-state index is 12.7. The number of sulfonamides is 1. The van der Waals surface area contributed by atoms with Gasteiger partial charge in [0.05, 0.1) is 10.5 Å². The van der Waals surface area contributed by atoms with Gasteiger partial charge in [0, 0.05) is 18.6 Å². The lowest BCUT2D eigenvalue weighted by Crippen LogP contribution is -2.47. The summed E-state index contributed by atoms with van der Waals surface area (Å²) in [6.45, 7) is 9.47. The third kappa shape index (κ3) is 5.08. The second-order valence-corrected chi connectivity index (χ2v) is 10.5. The fraction of sp³-hybridized carbons (Fsp3) is 0.500.